The Morgan fingerprint density at radius 2 is 2.15 bits per heavy atom. The van der Waals surface area contributed by atoms with Crippen LogP contribution in [0.3, 0.4) is 0 Å². The van der Waals surface area contributed by atoms with E-state index in [0.717, 1.165) is 4.31 Å². The van der Waals surface area contributed by atoms with Crippen molar-refractivity contribution in [3.8, 4) is 0 Å². The minimum absolute atomic E-state index is 0.0183. The van der Waals surface area contributed by atoms with Crippen molar-refractivity contribution in [3.05, 3.63) is 0 Å². The van der Waals surface area contributed by atoms with E-state index < -0.39 is 23.8 Å². The SMILES string of the molecule is NCC(=O)N[C@@H](CCC(=O)O)C(=O)C1CC(=O)N(S)C1. The van der Waals surface area contributed by atoms with Gasteiger partial charge in [-0.05, 0) is 6.42 Å². The molecule has 0 aromatic heterocycles. The van der Waals surface area contributed by atoms with Gasteiger partial charge >= 0.3 is 5.97 Å². The van der Waals surface area contributed by atoms with Crippen LogP contribution in [-0.2, 0) is 19.2 Å². The molecule has 20 heavy (non-hydrogen) atoms. The highest BCUT2D eigenvalue weighted by molar-refractivity contribution is 7.78. The Bertz CT molecular complexity index is 428. The minimum Gasteiger partial charge on any atom is -0.481 e. The zero-order valence-corrected chi connectivity index (χ0v) is 11.6. The summed E-state index contributed by atoms with van der Waals surface area (Å²) in [6.45, 7) is -0.137. The van der Waals surface area contributed by atoms with E-state index in [-0.39, 0.29) is 44.0 Å². The highest BCUT2D eigenvalue weighted by Gasteiger charge is 2.36. The zero-order valence-electron chi connectivity index (χ0n) is 10.7. The molecule has 2 amide bonds. The maximum absolute atomic E-state index is 12.2. The molecule has 8 nitrogen and oxygen atoms in total. The summed E-state index contributed by atoms with van der Waals surface area (Å²) in [6.07, 6.45) is -0.270. The van der Waals surface area contributed by atoms with Crippen molar-refractivity contribution in [3.63, 3.8) is 0 Å². The van der Waals surface area contributed by atoms with Gasteiger partial charge in [0.15, 0.2) is 5.78 Å². The first-order valence-electron chi connectivity index (χ1n) is 6.09. The number of carboxylic acids is 1. The van der Waals surface area contributed by atoms with Crippen molar-refractivity contribution in [2.75, 3.05) is 13.1 Å². The molecule has 0 spiro atoms. The number of carbonyl (C=O) groups excluding carboxylic acids is 3. The summed E-state index contributed by atoms with van der Waals surface area (Å²) in [4.78, 5) is 45.5. The zero-order chi connectivity index (χ0) is 15.3. The van der Waals surface area contributed by atoms with Crippen molar-refractivity contribution in [1.82, 2.24) is 9.62 Å². The van der Waals surface area contributed by atoms with E-state index in [9.17, 15) is 19.2 Å². The lowest BCUT2D eigenvalue weighted by Crippen LogP contribution is -2.46. The largest absolute Gasteiger partial charge is 0.481 e. The van der Waals surface area contributed by atoms with Crippen molar-refractivity contribution in [1.29, 1.82) is 0 Å². The summed E-state index contributed by atoms with van der Waals surface area (Å²) < 4.78 is 1.14. The fourth-order valence-corrected chi connectivity index (χ4v) is 2.25. The van der Waals surface area contributed by atoms with Crippen LogP contribution in [0.25, 0.3) is 0 Å². The first kappa shape index (κ1) is 16.4. The van der Waals surface area contributed by atoms with Gasteiger partial charge in [-0.3, -0.25) is 23.5 Å². The first-order valence-corrected chi connectivity index (χ1v) is 6.49. The predicted molar refractivity (Wildman–Crippen MR) is 71.7 cm³/mol. The summed E-state index contributed by atoms with van der Waals surface area (Å²) in [5.74, 6) is -2.83. The fourth-order valence-electron chi connectivity index (χ4n) is 1.97. The molecule has 1 fully saturated rings. The van der Waals surface area contributed by atoms with Gasteiger partial charge < -0.3 is 16.2 Å². The molecule has 112 valence electrons. The predicted octanol–water partition coefficient (Wildman–Crippen LogP) is -1.44. The smallest absolute Gasteiger partial charge is 0.303 e. The van der Waals surface area contributed by atoms with Crippen LogP contribution in [0.4, 0.5) is 0 Å². The third-order valence-electron chi connectivity index (χ3n) is 3.02. The molecule has 1 aliphatic heterocycles. The number of amides is 2. The highest BCUT2D eigenvalue weighted by Crippen LogP contribution is 2.22. The fraction of sp³-hybridized carbons (Fsp3) is 0.636. The van der Waals surface area contributed by atoms with Gasteiger partial charge in [0.1, 0.15) is 0 Å². The topological polar surface area (TPSA) is 130 Å². The van der Waals surface area contributed by atoms with Crippen LogP contribution in [0, 0.1) is 5.92 Å². The number of aliphatic carboxylic acids is 1. The van der Waals surface area contributed by atoms with Gasteiger partial charge in [-0.2, -0.15) is 0 Å². The molecule has 4 N–H and O–H groups in total. The summed E-state index contributed by atoms with van der Waals surface area (Å²) >= 11 is 3.91. The Balaban J connectivity index is 2.70. The summed E-state index contributed by atoms with van der Waals surface area (Å²) in [5.41, 5.74) is 5.16. The highest BCUT2D eigenvalue weighted by atomic mass is 32.1. The van der Waals surface area contributed by atoms with Gasteiger partial charge in [0.25, 0.3) is 0 Å². The number of hydrogen-bond donors (Lipinski definition) is 4. The third-order valence-corrected chi connectivity index (χ3v) is 3.40. The Morgan fingerprint density at radius 1 is 1.50 bits per heavy atom. The molecule has 1 aliphatic rings. The van der Waals surface area contributed by atoms with Crippen LogP contribution in [0.15, 0.2) is 0 Å². The molecular formula is C11H17N3O5S. The van der Waals surface area contributed by atoms with E-state index in [1.807, 2.05) is 0 Å². The second-order valence-corrected chi connectivity index (χ2v) is 5.02. The number of nitrogens with zero attached hydrogens (tertiary/aromatic N) is 1. The molecule has 1 heterocycles. The quantitative estimate of drug-likeness (QED) is 0.426. The number of thiol groups is 1. The monoisotopic (exact) mass is 303 g/mol. The maximum Gasteiger partial charge on any atom is 0.303 e. The molecule has 0 saturated carbocycles. The average molecular weight is 303 g/mol. The van der Waals surface area contributed by atoms with Crippen LogP contribution in [-0.4, -0.2) is 52.1 Å². The molecule has 1 rings (SSSR count). The van der Waals surface area contributed by atoms with Gasteiger partial charge in [-0.1, -0.05) is 12.8 Å². The molecule has 1 saturated heterocycles. The van der Waals surface area contributed by atoms with Gasteiger partial charge in [-0.15, -0.1) is 0 Å². The van der Waals surface area contributed by atoms with E-state index in [0.29, 0.717) is 0 Å². The third kappa shape index (κ3) is 4.49. The molecule has 0 aromatic carbocycles. The number of ketones is 1. The lowest BCUT2D eigenvalue weighted by molar-refractivity contribution is -0.138. The van der Waals surface area contributed by atoms with E-state index in [1.54, 1.807) is 0 Å². The first-order chi connectivity index (χ1) is 9.35. The van der Waals surface area contributed by atoms with Gasteiger partial charge in [-0.25, -0.2) is 0 Å². The van der Waals surface area contributed by atoms with E-state index in [2.05, 4.69) is 18.1 Å². The molecule has 0 aromatic rings. The second kappa shape index (κ2) is 7.25. The van der Waals surface area contributed by atoms with Gasteiger partial charge in [0, 0.05) is 25.3 Å². The van der Waals surface area contributed by atoms with Crippen LogP contribution in [0.2, 0.25) is 0 Å². The van der Waals surface area contributed by atoms with Crippen LogP contribution < -0.4 is 11.1 Å². The number of nitrogens with two attached hydrogens (primary N) is 1. The van der Waals surface area contributed by atoms with Gasteiger partial charge in [0.2, 0.25) is 11.8 Å². The van der Waals surface area contributed by atoms with E-state index in [1.165, 1.54) is 0 Å². The molecule has 0 bridgehead atoms. The summed E-state index contributed by atoms with van der Waals surface area (Å²) in [7, 11) is 0. The molecule has 0 radical (unpaired) electrons. The number of carboxylic acid groups (broad SMARTS) is 1. The maximum atomic E-state index is 12.2. The second-order valence-electron chi connectivity index (χ2n) is 4.54. The van der Waals surface area contributed by atoms with E-state index >= 15 is 0 Å². The van der Waals surface area contributed by atoms with Crippen molar-refractivity contribution < 1.29 is 24.3 Å². The molecule has 0 aliphatic carbocycles. The number of Topliss-reactive ketones (excluding diaryl/α,β-unsaturated/α-hetero) is 1. The van der Waals surface area contributed by atoms with Gasteiger partial charge in [0.05, 0.1) is 12.6 Å². The standard InChI is InChI=1S/C11H17N3O5S/c12-4-8(15)13-7(1-2-10(17)18)11(19)6-3-9(16)14(20)5-6/h6-7,20H,1-5,12H2,(H,13,15)(H,17,18)/t6?,7-/m0/s1. The number of nitrogens with one attached hydrogen (secondary N) is 1. The Morgan fingerprint density at radius 3 is 2.60 bits per heavy atom. The number of hydrogen-bond acceptors (Lipinski definition) is 6. The molecule has 1 unspecified atom stereocenters. The number of carbonyl (C=O) groups is 4. The normalized spacial score (nSPS) is 19.8. The average Bonchev–Trinajstić information content (AvgIpc) is 2.73. The lowest BCUT2D eigenvalue weighted by atomic mass is 9.94. The number of rotatable bonds is 7. The molecular weight excluding hydrogens is 286 g/mol. The Kier molecular flexibility index (Phi) is 5.96. The summed E-state index contributed by atoms with van der Waals surface area (Å²) in [5, 5.41) is 11.1. The van der Waals surface area contributed by atoms with Crippen LogP contribution >= 0.6 is 12.8 Å². The van der Waals surface area contributed by atoms with E-state index in [4.69, 9.17) is 10.8 Å². The Hall–Kier alpha value is -1.61. The molecule has 2 atom stereocenters. The molecule has 9 heteroatoms. The minimum atomic E-state index is -1.07. The van der Waals surface area contributed by atoms with Crippen LogP contribution in [0.5, 0.6) is 0 Å². The van der Waals surface area contributed by atoms with Crippen LogP contribution in [0.1, 0.15) is 19.3 Å². The lowest BCUT2D eigenvalue weighted by Gasteiger charge is -2.19. The Labute approximate surface area is 121 Å². The van der Waals surface area contributed by atoms with Crippen molar-refractivity contribution in [2.24, 2.45) is 11.7 Å². The summed E-state index contributed by atoms with van der Waals surface area (Å²) in [6, 6.07) is -0.945. The van der Waals surface area contributed by atoms with Crippen molar-refractivity contribution >= 4 is 36.4 Å². The van der Waals surface area contributed by atoms with Crippen molar-refractivity contribution in [2.45, 2.75) is 25.3 Å².